The summed E-state index contributed by atoms with van der Waals surface area (Å²) in [4.78, 5) is 17.1. The Kier molecular flexibility index (Phi) is 5.29. The van der Waals surface area contributed by atoms with Gasteiger partial charge in [0, 0.05) is 20.4 Å². The van der Waals surface area contributed by atoms with E-state index >= 15 is 0 Å². The predicted octanol–water partition coefficient (Wildman–Crippen LogP) is 5.75. The van der Waals surface area contributed by atoms with E-state index in [1.807, 2.05) is 43.3 Å². The molecule has 6 heteroatoms. The Morgan fingerprint density at radius 1 is 1.11 bits per heavy atom. The lowest BCUT2D eigenvalue weighted by Gasteiger charge is -2.07. The zero-order valence-electron chi connectivity index (χ0n) is 15.1. The second-order valence-corrected chi connectivity index (χ2v) is 7.37. The van der Waals surface area contributed by atoms with Gasteiger partial charge in [-0.3, -0.25) is 4.79 Å². The van der Waals surface area contributed by atoms with Crippen molar-refractivity contribution in [2.45, 2.75) is 6.92 Å². The molecule has 1 N–H and O–H groups in total. The number of amides is 1. The number of rotatable bonds is 5. The van der Waals surface area contributed by atoms with Crippen molar-refractivity contribution < 1.29 is 13.9 Å². The van der Waals surface area contributed by atoms with Crippen LogP contribution in [0.25, 0.3) is 22.6 Å². The number of carbonyl (C=O) groups is 1. The lowest BCUT2D eigenvalue weighted by molar-refractivity contribution is 0.102. The van der Waals surface area contributed by atoms with Crippen LogP contribution in [-0.4, -0.2) is 17.5 Å². The first-order valence-corrected chi connectivity index (χ1v) is 9.91. The van der Waals surface area contributed by atoms with Crippen LogP contribution in [0.3, 0.4) is 0 Å². The van der Waals surface area contributed by atoms with Crippen molar-refractivity contribution >= 4 is 45.3 Å². The Hall–Kier alpha value is -2.87. The topological polar surface area (TPSA) is 64.4 Å². The molecule has 1 amide bonds. The number of ether oxygens (including phenoxy) is 1. The molecule has 28 heavy (non-hydrogen) atoms. The Balaban J connectivity index is 1.57. The number of fused-ring (bicyclic) bond motifs is 1. The summed E-state index contributed by atoms with van der Waals surface area (Å²) >= 11 is 2.26. The van der Waals surface area contributed by atoms with Gasteiger partial charge < -0.3 is 14.5 Å². The molecule has 4 rings (SSSR count). The van der Waals surface area contributed by atoms with Crippen LogP contribution < -0.4 is 10.1 Å². The van der Waals surface area contributed by atoms with Gasteiger partial charge in [0.15, 0.2) is 5.58 Å². The second kappa shape index (κ2) is 8.02. The average Bonchev–Trinajstić information content (AvgIpc) is 3.12. The van der Waals surface area contributed by atoms with Gasteiger partial charge in [0.2, 0.25) is 5.89 Å². The third-order valence-electron chi connectivity index (χ3n) is 4.14. The van der Waals surface area contributed by atoms with Gasteiger partial charge >= 0.3 is 0 Å². The van der Waals surface area contributed by atoms with E-state index < -0.39 is 0 Å². The highest BCUT2D eigenvalue weighted by atomic mass is 127. The molecular formula is C22H17IN2O3. The third kappa shape index (κ3) is 4.01. The van der Waals surface area contributed by atoms with Gasteiger partial charge in [-0.15, -0.1) is 0 Å². The molecule has 1 aromatic heterocycles. The van der Waals surface area contributed by atoms with E-state index in [0.29, 0.717) is 40.6 Å². The van der Waals surface area contributed by atoms with Crippen LogP contribution in [0.4, 0.5) is 5.69 Å². The largest absolute Gasteiger partial charge is 0.494 e. The van der Waals surface area contributed by atoms with Gasteiger partial charge in [0.1, 0.15) is 11.3 Å². The van der Waals surface area contributed by atoms with Crippen molar-refractivity contribution in [2.75, 3.05) is 11.9 Å². The third-order valence-corrected chi connectivity index (χ3v) is 4.86. The van der Waals surface area contributed by atoms with Crippen LogP contribution in [0.1, 0.15) is 17.3 Å². The minimum absolute atomic E-state index is 0.206. The number of benzene rings is 3. The number of halogens is 1. The Labute approximate surface area is 175 Å². The molecule has 0 spiro atoms. The van der Waals surface area contributed by atoms with Crippen molar-refractivity contribution in [1.29, 1.82) is 0 Å². The molecule has 1 heterocycles. The first kappa shape index (κ1) is 18.5. The van der Waals surface area contributed by atoms with Gasteiger partial charge in [0.25, 0.3) is 5.91 Å². The number of aromatic nitrogens is 1. The highest BCUT2D eigenvalue weighted by molar-refractivity contribution is 14.1. The van der Waals surface area contributed by atoms with Gasteiger partial charge in [-0.25, -0.2) is 4.98 Å². The van der Waals surface area contributed by atoms with Gasteiger partial charge in [0.05, 0.1) is 6.61 Å². The smallest absolute Gasteiger partial charge is 0.255 e. The summed E-state index contributed by atoms with van der Waals surface area (Å²) in [5, 5.41) is 2.90. The average molecular weight is 484 g/mol. The standard InChI is InChI=1S/C22H17IN2O3/c1-2-27-18-5-3-4-15(12-18)21(26)24-17-10-11-20-19(13-17)25-22(28-20)14-6-8-16(23)9-7-14/h3-13H,2H2,1H3,(H,24,26). The maximum absolute atomic E-state index is 12.6. The van der Waals surface area contributed by atoms with E-state index in [9.17, 15) is 4.79 Å². The molecule has 0 atom stereocenters. The highest BCUT2D eigenvalue weighted by Crippen LogP contribution is 2.27. The van der Waals surface area contributed by atoms with Crippen molar-refractivity contribution in [1.82, 2.24) is 4.98 Å². The molecular weight excluding hydrogens is 467 g/mol. The minimum atomic E-state index is -0.206. The number of nitrogens with zero attached hydrogens (tertiary/aromatic N) is 1. The van der Waals surface area contributed by atoms with E-state index in [0.717, 1.165) is 9.13 Å². The van der Waals surface area contributed by atoms with E-state index in [1.165, 1.54) is 0 Å². The Morgan fingerprint density at radius 2 is 1.93 bits per heavy atom. The Morgan fingerprint density at radius 3 is 2.71 bits per heavy atom. The van der Waals surface area contributed by atoms with Crippen LogP contribution in [0.2, 0.25) is 0 Å². The molecule has 0 bridgehead atoms. The number of carbonyl (C=O) groups excluding carboxylic acids is 1. The fourth-order valence-electron chi connectivity index (χ4n) is 2.82. The first-order valence-electron chi connectivity index (χ1n) is 8.83. The predicted molar refractivity (Wildman–Crippen MR) is 118 cm³/mol. The maximum atomic E-state index is 12.6. The number of hydrogen-bond acceptors (Lipinski definition) is 4. The minimum Gasteiger partial charge on any atom is -0.494 e. The zero-order valence-corrected chi connectivity index (χ0v) is 17.3. The summed E-state index contributed by atoms with van der Waals surface area (Å²) < 4.78 is 12.4. The van der Waals surface area contributed by atoms with E-state index in [4.69, 9.17) is 9.15 Å². The Bertz CT molecular complexity index is 1140. The summed E-state index contributed by atoms with van der Waals surface area (Å²) in [5.74, 6) is 1.02. The van der Waals surface area contributed by atoms with Crippen molar-refractivity contribution in [3.8, 4) is 17.2 Å². The normalized spacial score (nSPS) is 10.8. The van der Waals surface area contributed by atoms with Crippen molar-refractivity contribution in [3.63, 3.8) is 0 Å². The molecule has 0 fully saturated rings. The van der Waals surface area contributed by atoms with Crippen molar-refractivity contribution in [2.24, 2.45) is 0 Å². The van der Waals surface area contributed by atoms with Crippen molar-refractivity contribution in [3.05, 3.63) is 75.9 Å². The molecule has 0 saturated heterocycles. The molecule has 0 saturated carbocycles. The molecule has 5 nitrogen and oxygen atoms in total. The molecule has 140 valence electrons. The number of anilines is 1. The van der Waals surface area contributed by atoms with E-state index in [-0.39, 0.29) is 5.91 Å². The van der Waals surface area contributed by atoms with Crippen LogP contribution >= 0.6 is 22.6 Å². The fourth-order valence-corrected chi connectivity index (χ4v) is 3.18. The quantitative estimate of drug-likeness (QED) is 0.367. The number of nitrogens with one attached hydrogen (secondary N) is 1. The lowest BCUT2D eigenvalue weighted by Crippen LogP contribution is -2.11. The molecule has 0 unspecified atom stereocenters. The summed E-state index contributed by atoms with van der Waals surface area (Å²) in [6, 6.07) is 20.5. The summed E-state index contributed by atoms with van der Waals surface area (Å²) in [6.07, 6.45) is 0. The zero-order chi connectivity index (χ0) is 19.5. The summed E-state index contributed by atoms with van der Waals surface area (Å²) in [5.41, 5.74) is 3.46. The summed E-state index contributed by atoms with van der Waals surface area (Å²) in [7, 11) is 0. The maximum Gasteiger partial charge on any atom is 0.255 e. The highest BCUT2D eigenvalue weighted by Gasteiger charge is 2.11. The van der Waals surface area contributed by atoms with Crippen LogP contribution in [0.5, 0.6) is 5.75 Å². The molecule has 4 aromatic rings. The van der Waals surface area contributed by atoms with Crippen LogP contribution in [0, 0.1) is 3.57 Å². The fraction of sp³-hybridized carbons (Fsp3) is 0.0909. The second-order valence-electron chi connectivity index (χ2n) is 6.12. The van der Waals surface area contributed by atoms with E-state index in [2.05, 4.69) is 32.9 Å². The molecule has 0 aliphatic heterocycles. The monoisotopic (exact) mass is 484 g/mol. The summed E-state index contributed by atoms with van der Waals surface area (Å²) in [6.45, 7) is 2.46. The first-order chi connectivity index (χ1) is 13.6. The van der Waals surface area contributed by atoms with E-state index in [1.54, 1.807) is 30.3 Å². The van der Waals surface area contributed by atoms with Gasteiger partial charge in [-0.05, 0) is 90.2 Å². The van der Waals surface area contributed by atoms with Crippen LogP contribution in [0.15, 0.2) is 71.1 Å². The molecule has 0 radical (unpaired) electrons. The van der Waals surface area contributed by atoms with Gasteiger partial charge in [-0.1, -0.05) is 6.07 Å². The molecule has 0 aliphatic carbocycles. The SMILES string of the molecule is CCOc1cccc(C(=O)Nc2ccc3oc(-c4ccc(I)cc4)nc3c2)c1. The number of hydrogen-bond donors (Lipinski definition) is 1. The lowest BCUT2D eigenvalue weighted by atomic mass is 10.2. The number of oxazole rings is 1. The van der Waals surface area contributed by atoms with Gasteiger partial charge in [-0.2, -0.15) is 0 Å². The van der Waals surface area contributed by atoms with Crippen LogP contribution in [-0.2, 0) is 0 Å². The molecule has 0 aliphatic rings. The molecule has 3 aromatic carbocycles.